The van der Waals surface area contributed by atoms with Crippen molar-refractivity contribution in [1.82, 2.24) is 4.31 Å². The van der Waals surface area contributed by atoms with Gasteiger partial charge in [-0.15, -0.1) is 0 Å². The zero-order valence-corrected chi connectivity index (χ0v) is 20.7. The lowest BCUT2D eigenvalue weighted by Gasteiger charge is -2.47. The Hall–Kier alpha value is -3.38. The van der Waals surface area contributed by atoms with Crippen LogP contribution in [0.25, 0.3) is 0 Å². The third-order valence-electron chi connectivity index (χ3n) is 7.06. The Morgan fingerprint density at radius 3 is 2.37 bits per heavy atom. The average molecular weight is 488 g/mol. The summed E-state index contributed by atoms with van der Waals surface area (Å²) in [5.41, 5.74) is 4.19. The highest BCUT2D eigenvalue weighted by Gasteiger charge is 2.49. The Bertz CT molecular complexity index is 1360. The van der Waals surface area contributed by atoms with Gasteiger partial charge in [-0.3, -0.25) is 4.31 Å². The Labute approximate surface area is 207 Å². The van der Waals surface area contributed by atoms with Crippen LogP contribution in [0.15, 0.2) is 95.5 Å². The van der Waals surface area contributed by atoms with Crippen LogP contribution in [0.2, 0.25) is 0 Å². The predicted octanol–water partition coefficient (Wildman–Crippen LogP) is 5.53. The van der Waals surface area contributed by atoms with E-state index in [0.29, 0.717) is 0 Å². The molecule has 0 radical (unpaired) electrons. The maximum atomic E-state index is 14.2. The highest BCUT2D eigenvalue weighted by Crippen LogP contribution is 2.52. The third kappa shape index (κ3) is 4.16. The van der Waals surface area contributed by atoms with E-state index >= 15 is 0 Å². The molecule has 0 bridgehead atoms. The van der Waals surface area contributed by atoms with Gasteiger partial charge in [0.15, 0.2) is 0 Å². The number of sulfonamides is 1. The van der Waals surface area contributed by atoms with Crippen molar-refractivity contribution < 1.29 is 17.9 Å². The minimum atomic E-state index is -4.05. The molecule has 1 aliphatic heterocycles. The lowest BCUT2D eigenvalue weighted by atomic mass is 9.69. The number of carbonyl (C=O) groups is 1. The van der Waals surface area contributed by atoms with Crippen molar-refractivity contribution in [1.29, 1.82) is 0 Å². The summed E-state index contributed by atoms with van der Waals surface area (Å²) in [4.78, 5) is 13.5. The number of nitrogens with zero attached hydrogens (tertiary/aromatic N) is 1. The molecule has 0 spiro atoms. The first-order chi connectivity index (χ1) is 16.9. The van der Waals surface area contributed by atoms with E-state index in [9.17, 15) is 13.2 Å². The number of hydrogen-bond donors (Lipinski definition) is 0. The van der Waals surface area contributed by atoms with Gasteiger partial charge in [0, 0.05) is 5.92 Å². The molecule has 3 atom stereocenters. The monoisotopic (exact) mass is 487 g/mol. The highest BCUT2D eigenvalue weighted by molar-refractivity contribution is 7.89. The van der Waals surface area contributed by atoms with Crippen molar-refractivity contribution in [3.05, 3.63) is 113 Å². The van der Waals surface area contributed by atoms with Gasteiger partial charge >= 0.3 is 5.97 Å². The highest BCUT2D eigenvalue weighted by atomic mass is 32.2. The van der Waals surface area contributed by atoms with Crippen molar-refractivity contribution in [2.75, 3.05) is 6.61 Å². The van der Waals surface area contributed by atoms with Crippen LogP contribution in [-0.4, -0.2) is 25.3 Å². The van der Waals surface area contributed by atoms with Crippen molar-refractivity contribution in [3.63, 3.8) is 0 Å². The van der Waals surface area contributed by atoms with Crippen LogP contribution in [0.5, 0.6) is 0 Å². The first-order valence-corrected chi connectivity index (χ1v) is 13.5. The van der Waals surface area contributed by atoms with E-state index in [1.54, 1.807) is 31.2 Å². The van der Waals surface area contributed by atoms with Crippen LogP contribution in [0.4, 0.5) is 0 Å². The number of esters is 1. The fourth-order valence-electron chi connectivity index (χ4n) is 5.44. The molecule has 5 rings (SSSR count). The lowest BCUT2D eigenvalue weighted by Crippen LogP contribution is -2.47. The molecule has 35 heavy (non-hydrogen) atoms. The number of ether oxygens (including phenoxy) is 1. The van der Waals surface area contributed by atoms with Gasteiger partial charge in [0.1, 0.15) is 5.70 Å². The Morgan fingerprint density at radius 2 is 1.66 bits per heavy atom. The molecule has 0 fully saturated rings. The van der Waals surface area contributed by atoms with E-state index in [2.05, 4.69) is 6.07 Å². The van der Waals surface area contributed by atoms with E-state index < -0.39 is 22.0 Å². The number of carbonyl (C=O) groups excluding carboxylic acids is 1. The van der Waals surface area contributed by atoms with Crippen LogP contribution in [0.3, 0.4) is 0 Å². The van der Waals surface area contributed by atoms with Crippen molar-refractivity contribution >= 4 is 16.0 Å². The van der Waals surface area contributed by atoms with Gasteiger partial charge in [-0.2, -0.15) is 0 Å². The molecule has 1 heterocycles. The van der Waals surface area contributed by atoms with Gasteiger partial charge in [-0.1, -0.05) is 72.3 Å². The van der Waals surface area contributed by atoms with Crippen molar-refractivity contribution in [2.45, 2.75) is 43.5 Å². The Balaban J connectivity index is 1.76. The summed E-state index contributed by atoms with van der Waals surface area (Å²) in [7, 11) is -4.05. The Morgan fingerprint density at radius 1 is 0.971 bits per heavy atom. The van der Waals surface area contributed by atoms with Gasteiger partial charge in [0.25, 0.3) is 10.0 Å². The molecular weight excluding hydrogens is 458 g/mol. The number of benzene rings is 3. The van der Waals surface area contributed by atoms with Gasteiger partial charge < -0.3 is 4.74 Å². The summed E-state index contributed by atoms with van der Waals surface area (Å²) in [5.74, 6) is -0.755. The Kier molecular flexibility index (Phi) is 6.24. The number of allylic oxidation sites excluding steroid dienone is 1. The van der Waals surface area contributed by atoms with E-state index in [4.69, 9.17) is 4.74 Å². The van der Waals surface area contributed by atoms with E-state index in [-0.39, 0.29) is 29.0 Å². The maximum absolute atomic E-state index is 14.2. The van der Waals surface area contributed by atoms with Gasteiger partial charge in [-0.05, 0) is 67.5 Å². The summed E-state index contributed by atoms with van der Waals surface area (Å²) < 4.78 is 35.2. The zero-order valence-electron chi connectivity index (χ0n) is 19.9. The second-order valence-corrected chi connectivity index (χ2v) is 11.0. The first kappa shape index (κ1) is 23.4. The van der Waals surface area contributed by atoms with E-state index in [1.165, 1.54) is 4.31 Å². The largest absolute Gasteiger partial charge is 0.461 e. The molecule has 0 N–H and O–H groups in total. The molecule has 1 aliphatic carbocycles. The normalized spacial score (nSPS) is 21.5. The summed E-state index contributed by atoms with van der Waals surface area (Å²) >= 11 is 0. The number of rotatable bonds is 5. The molecule has 0 saturated carbocycles. The summed E-state index contributed by atoms with van der Waals surface area (Å²) in [6.45, 7) is 3.81. The maximum Gasteiger partial charge on any atom is 0.355 e. The smallest absolute Gasteiger partial charge is 0.355 e. The third-order valence-corrected chi connectivity index (χ3v) is 8.87. The fourth-order valence-corrected chi connectivity index (χ4v) is 7.11. The van der Waals surface area contributed by atoms with Crippen LogP contribution in [0.1, 0.15) is 47.6 Å². The molecule has 6 heteroatoms. The number of aryl methyl sites for hydroxylation is 2. The molecule has 3 aromatic rings. The molecular formula is C29H29NO4S. The minimum Gasteiger partial charge on any atom is -0.461 e. The average Bonchev–Trinajstić information content (AvgIpc) is 2.88. The number of hydrogen-bond acceptors (Lipinski definition) is 4. The van der Waals surface area contributed by atoms with E-state index in [1.807, 2.05) is 61.5 Å². The molecule has 5 nitrogen and oxygen atoms in total. The fraction of sp³-hybridized carbons (Fsp3) is 0.276. The van der Waals surface area contributed by atoms with Crippen LogP contribution in [-0.2, 0) is 26.0 Å². The van der Waals surface area contributed by atoms with Crippen LogP contribution < -0.4 is 0 Å². The SMILES string of the molecule is CCOC(=O)C1=C[C@H](c2ccccc2)[C@H]2CCc3ccccc3[C@H]2N1S(=O)(=O)c1ccc(C)cc1. The predicted molar refractivity (Wildman–Crippen MR) is 135 cm³/mol. The lowest BCUT2D eigenvalue weighted by molar-refractivity contribution is -0.140. The molecule has 2 aliphatic rings. The van der Waals surface area contributed by atoms with Gasteiger partial charge in [0.2, 0.25) is 0 Å². The van der Waals surface area contributed by atoms with E-state index in [0.717, 1.165) is 35.1 Å². The molecule has 0 saturated heterocycles. The second kappa shape index (κ2) is 9.34. The molecule has 3 aromatic carbocycles. The van der Waals surface area contributed by atoms with Gasteiger partial charge in [0.05, 0.1) is 17.5 Å². The standard InChI is InChI=1S/C29H29NO4S/c1-3-34-29(31)27-19-26(21-9-5-4-6-10-21)25-18-15-22-11-7-8-12-24(22)28(25)30(27)35(32,33)23-16-13-20(2)14-17-23/h4-14,16-17,19,25-26,28H,3,15,18H2,1-2H3/t25-,26-,28-/m1/s1. The zero-order chi connectivity index (χ0) is 24.6. The van der Waals surface area contributed by atoms with Crippen LogP contribution >= 0.6 is 0 Å². The van der Waals surface area contributed by atoms with Crippen molar-refractivity contribution in [3.8, 4) is 0 Å². The summed E-state index contributed by atoms with van der Waals surface area (Å²) in [6.07, 6.45) is 3.49. The molecule has 0 unspecified atom stereocenters. The topological polar surface area (TPSA) is 63.7 Å². The first-order valence-electron chi connectivity index (χ1n) is 12.0. The molecule has 0 amide bonds. The molecule has 0 aromatic heterocycles. The molecule has 180 valence electrons. The summed E-state index contributed by atoms with van der Waals surface area (Å²) in [5, 5.41) is 0. The second-order valence-electron chi connectivity index (χ2n) is 9.17. The summed E-state index contributed by atoms with van der Waals surface area (Å²) in [6, 6.07) is 24.3. The quantitative estimate of drug-likeness (QED) is 0.444. The van der Waals surface area contributed by atoms with Crippen molar-refractivity contribution in [2.24, 2.45) is 5.92 Å². The van der Waals surface area contributed by atoms with Crippen LogP contribution in [0, 0.1) is 12.8 Å². The minimum absolute atomic E-state index is 0.0225. The van der Waals surface area contributed by atoms with Gasteiger partial charge in [-0.25, -0.2) is 13.2 Å². The number of fused-ring (bicyclic) bond motifs is 3.